The van der Waals surface area contributed by atoms with Gasteiger partial charge in [-0.25, -0.2) is 4.79 Å². The second-order valence-corrected chi connectivity index (χ2v) is 5.64. The van der Waals surface area contributed by atoms with E-state index in [9.17, 15) is 4.79 Å². The van der Waals surface area contributed by atoms with Crippen LogP contribution in [-0.2, 0) is 6.54 Å². The molecule has 2 heterocycles. The van der Waals surface area contributed by atoms with Gasteiger partial charge in [-0.3, -0.25) is 0 Å². The molecule has 0 bridgehead atoms. The first kappa shape index (κ1) is 13.9. The number of hydrogen-bond donors (Lipinski definition) is 1. The lowest BCUT2D eigenvalue weighted by Gasteiger charge is -2.12. The summed E-state index contributed by atoms with van der Waals surface area (Å²) in [6.07, 6.45) is 0. The Balaban J connectivity index is 2.74. The van der Waals surface area contributed by atoms with Crippen molar-refractivity contribution in [1.29, 1.82) is 0 Å². The maximum absolute atomic E-state index is 12.0. The minimum absolute atomic E-state index is 0.301. The zero-order chi connectivity index (χ0) is 15.5. The second kappa shape index (κ2) is 4.46. The molecule has 0 amide bonds. The van der Waals surface area contributed by atoms with Crippen LogP contribution in [0.3, 0.4) is 0 Å². The fraction of sp³-hybridized carbons (Fsp3) is 0.353. The van der Waals surface area contributed by atoms with Gasteiger partial charge in [-0.15, -0.1) is 0 Å². The first-order chi connectivity index (χ1) is 9.88. The van der Waals surface area contributed by atoms with Crippen molar-refractivity contribution < 1.29 is 8.83 Å². The molecule has 1 aromatic carbocycles. The van der Waals surface area contributed by atoms with Crippen LogP contribution in [0.2, 0.25) is 0 Å². The van der Waals surface area contributed by atoms with Gasteiger partial charge in [0.1, 0.15) is 16.9 Å². The number of fused-ring (bicyclic) bond motifs is 2. The topological polar surface area (TPSA) is 69.4 Å². The van der Waals surface area contributed by atoms with Gasteiger partial charge in [0.2, 0.25) is 0 Å². The van der Waals surface area contributed by atoms with Crippen molar-refractivity contribution in [3.63, 3.8) is 0 Å². The predicted molar refractivity (Wildman–Crippen MR) is 83.8 cm³/mol. The molecule has 0 spiro atoms. The van der Waals surface area contributed by atoms with E-state index in [1.54, 1.807) is 6.92 Å². The molecule has 0 unspecified atom stereocenters. The summed E-state index contributed by atoms with van der Waals surface area (Å²) in [6.45, 7) is 10.0. The molecule has 4 heteroatoms. The van der Waals surface area contributed by atoms with Gasteiger partial charge >= 0.3 is 5.63 Å². The third kappa shape index (κ3) is 1.69. The normalized spacial score (nSPS) is 11.7. The van der Waals surface area contributed by atoms with Crippen LogP contribution in [-0.4, -0.2) is 0 Å². The molecule has 3 rings (SSSR count). The van der Waals surface area contributed by atoms with Gasteiger partial charge in [0.25, 0.3) is 0 Å². The van der Waals surface area contributed by atoms with E-state index in [2.05, 4.69) is 0 Å². The highest BCUT2D eigenvalue weighted by Crippen LogP contribution is 2.38. The molecule has 4 nitrogen and oxygen atoms in total. The number of nitrogens with two attached hydrogens (primary N) is 1. The van der Waals surface area contributed by atoms with Crippen molar-refractivity contribution in [2.45, 2.75) is 41.2 Å². The van der Waals surface area contributed by atoms with E-state index in [0.29, 0.717) is 17.7 Å². The van der Waals surface area contributed by atoms with Crippen molar-refractivity contribution in [3.05, 3.63) is 44.0 Å². The summed E-state index contributed by atoms with van der Waals surface area (Å²) in [5, 5.41) is 2.00. The van der Waals surface area contributed by atoms with Gasteiger partial charge in [-0.05, 0) is 51.3 Å². The molecule has 0 aliphatic heterocycles. The highest BCUT2D eigenvalue weighted by molar-refractivity contribution is 6.04. The number of benzene rings is 1. The van der Waals surface area contributed by atoms with E-state index in [1.807, 2.05) is 27.7 Å². The Morgan fingerprint density at radius 3 is 2.00 bits per heavy atom. The molecular weight excluding hydrogens is 266 g/mol. The van der Waals surface area contributed by atoms with Crippen LogP contribution in [0.15, 0.2) is 13.6 Å². The summed E-state index contributed by atoms with van der Waals surface area (Å²) in [5.41, 5.74) is 11.6. The fourth-order valence-electron chi connectivity index (χ4n) is 3.05. The number of furan rings is 1. The summed E-state index contributed by atoms with van der Waals surface area (Å²) < 4.78 is 11.4. The van der Waals surface area contributed by atoms with Crippen molar-refractivity contribution >= 4 is 21.9 Å². The Morgan fingerprint density at radius 1 is 0.810 bits per heavy atom. The van der Waals surface area contributed by atoms with Crippen LogP contribution < -0.4 is 11.4 Å². The third-order valence-corrected chi connectivity index (χ3v) is 4.54. The van der Waals surface area contributed by atoms with E-state index < -0.39 is 0 Å². The summed E-state index contributed by atoms with van der Waals surface area (Å²) in [4.78, 5) is 12.0. The van der Waals surface area contributed by atoms with Crippen LogP contribution in [0, 0.1) is 34.6 Å². The van der Waals surface area contributed by atoms with Crippen LogP contribution in [0.25, 0.3) is 21.9 Å². The molecule has 0 atom stereocenters. The van der Waals surface area contributed by atoms with Crippen molar-refractivity contribution in [3.8, 4) is 0 Å². The lowest BCUT2D eigenvalue weighted by atomic mass is 9.94. The fourth-order valence-corrected chi connectivity index (χ4v) is 3.05. The molecule has 3 aromatic rings. The average molecular weight is 285 g/mol. The number of aryl methyl sites for hydroxylation is 4. The molecular formula is C17H19NO3. The Bertz CT molecular complexity index is 945. The molecule has 21 heavy (non-hydrogen) atoms. The Morgan fingerprint density at radius 2 is 1.38 bits per heavy atom. The Hall–Kier alpha value is -2.07. The first-order valence-electron chi connectivity index (χ1n) is 7.03. The van der Waals surface area contributed by atoms with E-state index in [1.165, 1.54) is 0 Å². The molecule has 0 radical (unpaired) electrons. The monoisotopic (exact) mass is 285 g/mol. The molecule has 0 aliphatic carbocycles. The van der Waals surface area contributed by atoms with Gasteiger partial charge in [0.15, 0.2) is 0 Å². The summed E-state index contributed by atoms with van der Waals surface area (Å²) in [6, 6.07) is 0. The largest absolute Gasteiger partial charge is 0.461 e. The zero-order valence-electron chi connectivity index (χ0n) is 13.0. The molecule has 0 fully saturated rings. The average Bonchev–Trinajstić information content (AvgIpc) is 2.75. The Labute approximate surface area is 122 Å². The minimum atomic E-state index is -0.301. The lowest BCUT2D eigenvalue weighted by molar-refractivity contribution is 0.546. The standard InChI is InChI=1S/C17H19NO3/c1-7-8(2)17(19)21-16-10(4)15-14(9(3)11(5)20-15)12(6-18)13(7)16/h6,18H2,1-5H3. The SMILES string of the molecule is Cc1oc2c(C)c3oc(=O)c(C)c(C)c3c(CN)c2c1C. The highest BCUT2D eigenvalue weighted by Gasteiger charge is 2.21. The van der Waals surface area contributed by atoms with Crippen molar-refractivity contribution in [2.75, 3.05) is 0 Å². The minimum Gasteiger partial charge on any atom is -0.461 e. The highest BCUT2D eigenvalue weighted by atomic mass is 16.4. The summed E-state index contributed by atoms with van der Waals surface area (Å²) in [5.74, 6) is 0.870. The number of hydrogen-bond acceptors (Lipinski definition) is 4. The van der Waals surface area contributed by atoms with E-state index in [4.69, 9.17) is 14.6 Å². The maximum Gasteiger partial charge on any atom is 0.339 e. The van der Waals surface area contributed by atoms with Crippen molar-refractivity contribution in [1.82, 2.24) is 0 Å². The maximum atomic E-state index is 12.0. The van der Waals surface area contributed by atoms with Gasteiger partial charge in [-0.1, -0.05) is 0 Å². The second-order valence-electron chi connectivity index (χ2n) is 5.64. The van der Waals surface area contributed by atoms with Crippen molar-refractivity contribution in [2.24, 2.45) is 5.73 Å². The molecule has 0 aliphatic rings. The van der Waals surface area contributed by atoms with Crippen LogP contribution in [0.4, 0.5) is 0 Å². The van der Waals surface area contributed by atoms with Gasteiger partial charge in [0, 0.05) is 28.4 Å². The van der Waals surface area contributed by atoms with Gasteiger partial charge in [0.05, 0.1) is 0 Å². The molecule has 2 N–H and O–H groups in total. The summed E-state index contributed by atoms with van der Waals surface area (Å²) in [7, 11) is 0. The summed E-state index contributed by atoms with van der Waals surface area (Å²) >= 11 is 0. The molecule has 0 saturated heterocycles. The van der Waals surface area contributed by atoms with Crippen LogP contribution in [0.5, 0.6) is 0 Å². The predicted octanol–water partition coefficient (Wildman–Crippen LogP) is 3.54. The van der Waals surface area contributed by atoms with Crippen LogP contribution in [0.1, 0.15) is 33.6 Å². The molecule has 0 saturated carbocycles. The zero-order valence-corrected chi connectivity index (χ0v) is 13.0. The Kier molecular flexibility index (Phi) is 2.95. The lowest BCUT2D eigenvalue weighted by Crippen LogP contribution is -2.09. The van der Waals surface area contributed by atoms with E-state index >= 15 is 0 Å². The smallest absolute Gasteiger partial charge is 0.339 e. The molecule has 2 aromatic heterocycles. The van der Waals surface area contributed by atoms with Gasteiger partial charge in [-0.2, -0.15) is 0 Å². The first-order valence-corrected chi connectivity index (χ1v) is 7.03. The molecule has 110 valence electrons. The van der Waals surface area contributed by atoms with Crippen LogP contribution >= 0.6 is 0 Å². The quantitative estimate of drug-likeness (QED) is 0.694. The van der Waals surface area contributed by atoms with E-state index in [0.717, 1.165) is 44.4 Å². The number of rotatable bonds is 1. The van der Waals surface area contributed by atoms with Gasteiger partial charge < -0.3 is 14.6 Å². The van der Waals surface area contributed by atoms with E-state index in [-0.39, 0.29) is 5.63 Å². The third-order valence-electron chi connectivity index (χ3n) is 4.54.